The molecule has 1 heterocycles. The largest absolute Gasteiger partial charge is 0.464 e. The van der Waals surface area contributed by atoms with Crippen LogP contribution >= 0.6 is 0 Å². The van der Waals surface area contributed by atoms with Crippen LogP contribution in [0.3, 0.4) is 0 Å². The van der Waals surface area contributed by atoms with Gasteiger partial charge in [-0.15, -0.1) is 0 Å². The standard InChI is InChI=1S/C26H50N2O3.CH4O3S/c1-3-5-7-9-11-13-15-17-25(29)28-21-19-27(20-22-28)23-24-31-26(30)18-16-14-12-10-8-6-4-2;1-5(2,3)4/h3-24H2,1-2H3;1H3,(H,2,3,4). The smallest absolute Gasteiger partial charge is 0.305 e. The van der Waals surface area contributed by atoms with E-state index < -0.39 is 10.1 Å². The Morgan fingerprint density at radius 1 is 0.722 bits per heavy atom. The summed E-state index contributed by atoms with van der Waals surface area (Å²) >= 11 is 0. The van der Waals surface area contributed by atoms with Crippen molar-refractivity contribution in [3.05, 3.63) is 0 Å². The third-order valence-electron chi connectivity index (χ3n) is 6.37. The third-order valence-corrected chi connectivity index (χ3v) is 6.37. The molecular formula is C27H54N2O6S. The van der Waals surface area contributed by atoms with Gasteiger partial charge in [-0.3, -0.25) is 19.0 Å². The Bertz CT molecular complexity index is 638. The van der Waals surface area contributed by atoms with Gasteiger partial charge in [-0.25, -0.2) is 0 Å². The van der Waals surface area contributed by atoms with Crippen molar-refractivity contribution in [2.45, 2.75) is 117 Å². The molecule has 9 heteroatoms. The van der Waals surface area contributed by atoms with Crippen LogP contribution in [0.25, 0.3) is 0 Å². The molecule has 8 nitrogen and oxygen atoms in total. The fraction of sp³-hybridized carbons (Fsp3) is 0.926. The van der Waals surface area contributed by atoms with E-state index in [0.29, 0.717) is 31.6 Å². The Labute approximate surface area is 221 Å². The number of hydrogen-bond donors (Lipinski definition) is 1. The van der Waals surface area contributed by atoms with Crippen molar-refractivity contribution in [3.63, 3.8) is 0 Å². The first-order valence-corrected chi connectivity index (χ1v) is 16.1. The van der Waals surface area contributed by atoms with Gasteiger partial charge in [0, 0.05) is 45.6 Å². The third kappa shape index (κ3) is 24.5. The number of esters is 1. The minimum absolute atomic E-state index is 0.0583. The van der Waals surface area contributed by atoms with Gasteiger partial charge >= 0.3 is 5.97 Å². The lowest BCUT2D eigenvalue weighted by Crippen LogP contribution is -2.49. The quantitative estimate of drug-likeness (QED) is 0.133. The minimum atomic E-state index is -3.67. The second-order valence-corrected chi connectivity index (χ2v) is 11.4. The highest BCUT2D eigenvalue weighted by Gasteiger charge is 2.20. The summed E-state index contributed by atoms with van der Waals surface area (Å²) in [6.07, 6.45) is 19.2. The monoisotopic (exact) mass is 534 g/mol. The average molecular weight is 535 g/mol. The van der Waals surface area contributed by atoms with Gasteiger partial charge < -0.3 is 9.64 Å². The molecule has 0 aromatic carbocycles. The molecule has 0 saturated carbocycles. The Kier molecular flexibility index (Phi) is 22.2. The number of nitrogens with zero attached hydrogens (tertiary/aromatic N) is 2. The molecule has 0 atom stereocenters. The fourth-order valence-electron chi connectivity index (χ4n) is 4.20. The van der Waals surface area contributed by atoms with Crippen LogP contribution < -0.4 is 0 Å². The van der Waals surface area contributed by atoms with E-state index in [1.54, 1.807) is 0 Å². The van der Waals surface area contributed by atoms with Crippen molar-refractivity contribution in [1.29, 1.82) is 0 Å². The van der Waals surface area contributed by atoms with E-state index in [2.05, 4.69) is 18.7 Å². The summed E-state index contributed by atoms with van der Waals surface area (Å²) in [6.45, 7) is 9.11. The van der Waals surface area contributed by atoms with Crippen molar-refractivity contribution in [3.8, 4) is 0 Å². The van der Waals surface area contributed by atoms with Crippen LogP contribution in [-0.2, 0) is 24.4 Å². The van der Waals surface area contributed by atoms with Crippen LogP contribution in [-0.4, -0.2) is 80.2 Å². The molecule has 1 amide bonds. The maximum atomic E-state index is 12.4. The number of rotatable bonds is 19. The Hall–Kier alpha value is -1.19. The van der Waals surface area contributed by atoms with Gasteiger partial charge in [-0.1, -0.05) is 90.9 Å². The zero-order valence-electron chi connectivity index (χ0n) is 23.3. The van der Waals surface area contributed by atoms with Gasteiger partial charge in [0.25, 0.3) is 10.1 Å². The molecule has 1 saturated heterocycles. The molecule has 214 valence electrons. The van der Waals surface area contributed by atoms with Crippen LogP contribution in [0, 0.1) is 0 Å². The Morgan fingerprint density at radius 3 is 1.61 bits per heavy atom. The van der Waals surface area contributed by atoms with E-state index in [1.165, 1.54) is 70.6 Å². The van der Waals surface area contributed by atoms with E-state index >= 15 is 0 Å². The van der Waals surface area contributed by atoms with E-state index in [9.17, 15) is 18.0 Å². The summed E-state index contributed by atoms with van der Waals surface area (Å²) in [5.41, 5.74) is 0. The fourth-order valence-corrected chi connectivity index (χ4v) is 4.20. The second kappa shape index (κ2) is 23.0. The predicted molar refractivity (Wildman–Crippen MR) is 147 cm³/mol. The Balaban J connectivity index is 0.00000222. The van der Waals surface area contributed by atoms with Crippen molar-refractivity contribution in [2.75, 3.05) is 45.6 Å². The molecule has 0 unspecified atom stereocenters. The summed E-state index contributed by atoms with van der Waals surface area (Å²) in [7, 11) is -3.67. The predicted octanol–water partition coefficient (Wildman–Crippen LogP) is 5.46. The SMILES string of the molecule is CCCCCCCCCC(=O)OCCN1CCN(C(=O)CCCCCCCCC)CC1.CS(=O)(=O)O. The van der Waals surface area contributed by atoms with E-state index in [4.69, 9.17) is 9.29 Å². The number of unbranched alkanes of at least 4 members (excludes halogenated alkanes) is 12. The first kappa shape index (κ1) is 34.8. The molecule has 0 aromatic rings. The number of ether oxygens (including phenoxy) is 1. The zero-order valence-corrected chi connectivity index (χ0v) is 24.2. The van der Waals surface area contributed by atoms with Gasteiger partial charge in [-0.05, 0) is 12.8 Å². The highest BCUT2D eigenvalue weighted by molar-refractivity contribution is 7.85. The van der Waals surface area contributed by atoms with Crippen molar-refractivity contribution >= 4 is 22.0 Å². The summed E-state index contributed by atoms with van der Waals surface area (Å²) in [5, 5.41) is 0. The topological polar surface area (TPSA) is 104 Å². The number of amides is 1. The van der Waals surface area contributed by atoms with Gasteiger partial charge in [-0.2, -0.15) is 8.42 Å². The number of carbonyl (C=O) groups excluding carboxylic acids is 2. The highest BCUT2D eigenvalue weighted by Crippen LogP contribution is 2.11. The van der Waals surface area contributed by atoms with Crippen LogP contribution in [0.2, 0.25) is 0 Å². The molecular weight excluding hydrogens is 480 g/mol. The van der Waals surface area contributed by atoms with Crippen molar-refractivity contribution in [1.82, 2.24) is 9.80 Å². The molecule has 0 aromatic heterocycles. The van der Waals surface area contributed by atoms with Gasteiger partial charge in [0.2, 0.25) is 5.91 Å². The lowest BCUT2D eigenvalue weighted by atomic mass is 10.1. The van der Waals surface area contributed by atoms with Crippen LogP contribution in [0.15, 0.2) is 0 Å². The zero-order chi connectivity index (χ0) is 27.1. The number of hydrogen-bond acceptors (Lipinski definition) is 6. The first-order chi connectivity index (χ1) is 17.2. The van der Waals surface area contributed by atoms with Crippen LogP contribution in [0.1, 0.15) is 117 Å². The molecule has 1 N–H and O–H groups in total. The Morgan fingerprint density at radius 2 is 1.14 bits per heavy atom. The number of carbonyl (C=O) groups is 2. The summed E-state index contributed by atoms with van der Waals surface area (Å²) in [6, 6.07) is 0. The van der Waals surface area contributed by atoms with Crippen LogP contribution in [0.4, 0.5) is 0 Å². The van der Waals surface area contributed by atoms with Crippen molar-refractivity contribution < 1.29 is 27.3 Å². The molecule has 0 spiro atoms. The normalized spacial score (nSPS) is 14.3. The van der Waals surface area contributed by atoms with Crippen LogP contribution in [0.5, 0.6) is 0 Å². The number of piperazine rings is 1. The summed E-state index contributed by atoms with van der Waals surface area (Å²) < 4.78 is 31.3. The van der Waals surface area contributed by atoms with Crippen molar-refractivity contribution in [2.24, 2.45) is 0 Å². The summed E-state index contributed by atoms with van der Waals surface area (Å²) in [4.78, 5) is 28.6. The molecule has 1 aliphatic rings. The molecule has 0 aliphatic carbocycles. The first-order valence-electron chi connectivity index (χ1n) is 14.3. The molecule has 1 aliphatic heterocycles. The van der Waals surface area contributed by atoms with E-state index in [0.717, 1.165) is 52.0 Å². The molecule has 1 rings (SSSR count). The van der Waals surface area contributed by atoms with Gasteiger partial charge in [0.05, 0.1) is 6.26 Å². The summed E-state index contributed by atoms with van der Waals surface area (Å²) in [5.74, 6) is 0.256. The lowest BCUT2D eigenvalue weighted by molar-refractivity contribution is -0.144. The molecule has 1 fully saturated rings. The maximum absolute atomic E-state index is 12.4. The lowest BCUT2D eigenvalue weighted by Gasteiger charge is -2.34. The molecule has 0 bridgehead atoms. The van der Waals surface area contributed by atoms with Gasteiger partial charge in [0.1, 0.15) is 6.61 Å². The van der Waals surface area contributed by atoms with E-state index in [1.807, 2.05) is 4.90 Å². The average Bonchev–Trinajstić information content (AvgIpc) is 2.82. The van der Waals surface area contributed by atoms with E-state index in [-0.39, 0.29) is 5.97 Å². The minimum Gasteiger partial charge on any atom is -0.464 e. The second-order valence-electron chi connectivity index (χ2n) is 9.92. The molecule has 36 heavy (non-hydrogen) atoms. The maximum Gasteiger partial charge on any atom is 0.305 e. The van der Waals surface area contributed by atoms with Gasteiger partial charge in [0.15, 0.2) is 0 Å². The molecule has 0 radical (unpaired) electrons. The highest BCUT2D eigenvalue weighted by atomic mass is 32.2.